The fourth-order valence-electron chi connectivity index (χ4n) is 3.44. The molecule has 138 valence electrons. The van der Waals surface area contributed by atoms with E-state index in [4.69, 9.17) is 11.6 Å². The molecular weight excluding hydrogens is 346 g/mol. The average molecular weight is 372 g/mol. The summed E-state index contributed by atoms with van der Waals surface area (Å²) in [5.41, 5.74) is 2.32. The van der Waals surface area contributed by atoms with E-state index in [2.05, 4.69) is 46.4 Å². The van der Waals surface area contributed by atoms with Crippen molar-refractivity contribution in [1.82, 2.24) is 15.1 Å². The van der Waals surface area contributed by atoms with Gasteiger partial charge in [-0.3, -0.25) is 9.69 Å². The van der Waals surface area contributed by atoms with E-state index in [-0.39, 0.29) is 18.0 Å². The van der Waals surface area contributed by atoms with Crippen LogP contribution in [0.5, 0.6) is 0 Å². The number of hydrogen-bond donors (Lipinski definition) is 1. The third kappa shape index (κ3) is 4.85. The van der Waals surface area contributed by atoms with Crippen molar-refractivity contribution < 1.29 is 4.79 Å². The first-order valence-corrected chi connectivity index (χ1v) is 9.43. The normalized spacial score (nSPS) is 19.9. The van der Waals surface area contributed by atoms with E-state index in [1.54, 1.807) is 0 Å². The molecule has 0 aromatic heterocycles. The number of nitrogens with one attached hydrogen (secondary N) is 1. The van der Waals surface area contributed by atoms with Crippen molar-refractivity contribution in [1.29, 1.82) is 0 Å². The van der Waals surface area contributed by atoms with Gasteiger partial charge in [-0.15, -0.1) is 0 Å². The summed E-state index contributed by atoms with van der Waals surface area (Å²) in [5, 5.41) is 3.81. The van der Waals surface area contributed by atoms with E-state index < -0.39 is 0 Å². The molecule has 1 aliphatic rings. The third-order valence-electron chi connectivity index (χ3n) is 4.97. The van der Waals surface area contributed by atoms with Crippen LogP contribution in [-0.4, -0.2) is 48.9 Å². The number of rotatable bonds is 5. The van der Waals surface area contributed by atoms with E-state index in [9.17, 15) is 4.79 Å². The SMILES string of the molecule is CC(NC(=O)CN1CCN(C)CC1c1ccccc1)c1ccc(Cl)cc1. The predicted molar refractivity (Wildman–Crippen MR) is 106 cm³/mol. The molecule has 3 rings (SSSR count). The van der Waals surface area contributed by atoms with Gasteiger partial charge in [-0.05, 0) is 37.2 Å². The summed E-state index contributed by atoms with van der Waals surface area (Å²) in [6, 6.07) is 18.3. The first-order chi connectivity index (χ1) is 12.5. The number of amides is 1. The number of benzene rings is 2. The second-order valence-electron chi connectivity index (χ2n) is 7.00. The summed E-state index contributed by atoms with van der Waals surface area (Å²) in [4.78, 5) is 17.2. The molecule has 26 heavy (non-hydrogen) atoms. The number of nitrogens with zero attached hydrogens (tertiary/aromatic N) is 2. The second-order valence-corrected chi connectivity index (χ2v) is 7.44. The van der Waals surface area contributed by atoms with Crippen LogP contribution in [0.2, 0.25) is 5.02 Å². The summed E-state index contributed by atoms with van der Waals surface area (Å²) in [6.45, 7) is 5.21. The Morgan fingerprint density at radius 3 is 2.54 bits per heavy atom. The van der Waals surface area contributed by atoms with Crippen LogP contribution in [-0.2, 0) is 4.79 Å². The first kappa shape index (κ1) is 18.9. The fraction of sp³-hybridized carbons (Fsp3) is 0.381. The van der Waals surface area contributed by atoms with Crippen LogP contribution in [0.1, 0.15) is 30.1 Å². The Hall–Kier alpha value is -1.88. The maximum absolute atomic E-state index is 12.6. The molecule has 1 fully saturated rings. The Bertz CT molecular complexity index is 720. The molecule has 1 amide bonds. The molecule has 1 N–H and O–H groups in total. The van der Waals surface area contributed by atoms with E-state index in [1.165, 1.54) is 5.56 Å². The maximum Gasteiger partial charge on any atom is 0.234 e. The highest BCUT2D eigenvalue weighted by Gasteiger charge is 2.28. The van der Waals surface area contributed by atoms with Crippen molar-refractivity contribution in [2.24, 2.45) is 0 Å². The minimum atomic E-state index is -0.0394. The van der Waals surface area contributed by atoms with Crippen LogP contribution < -0.4 is 5.32 Å². The Morgan fingerprint density at radius 2 is 1.85 bits per heavy atom. The number of piperazine rings is 1. The fourth-order valence-corrected chi connectivity index (χ4v) is 3.57. The highest BCUT2D eigenvalue weighted by molar-refractivity contribution is 6.30. The zero-order valence-corrected chi connectivity index (χ0v) is 16.1. The Kier molecular flexibility index (Phi) is 6.30. The minimum absolute atomic E-state index is 0.0394. The topological polar surface area (TPSA) is 35.6 Å². The largest absolute Gasteiger partial charge is 0.348 e. The highest BCUT2D eigenvalue weighted by atomic mass is 35.5. The lowest BCUT2D eigenvalue weighted by molar-refractivity contribution is -0.124. The molecular formula is C21H26ClN3O. The molecule has 2 aromatic rings. The average Bonchev–Trinajstić information content (AvgIpc) is 2.64. The highest BCUT2D eigenvalue weighted by Crippen LogP contribution is 2.24. The summed E-state index contributed by atoms with van der Waals surface area (Å²) < 4.78 is 0. The molecule has 1 aliphatic heterocycles. The number of carbonyl (C=O) groups excluding carboxylic acids is 1. The molecule has 0 bridgehead atoms. The lowest BCUT2D eigenvalue weighted by atomic mass is 10.0. The first-order valence-electron chi connectivity index (χ1n) is 9.05. The monoisotopic (exact) mass is 371 g/mol. The number of hydrogen-bond acceptors (Lipinski definition) is 3. The summed E-state index contributed by atoms with van der Waals surface area (Å²) in [7, 11) is 2.13. The van der Waals surface area contributed by atoms with Gasteiger partial charge in [-0.1, -0.05) is 54.1 Å². The van der Waals surface area contributed by atoms with Crippen LogP contribution in [0, 0.1) is 0 Å². The minimum Gasteiger partial charge on any atom is -0.348 e. The van der Waals surface area contributed by atoms with E-state index in [0.717, 1.165) is 25.2 Å². The Balaban J connectivity index is 1.64. The van der Waals surface area contributed by atoms with Crippen molar-refractivity contribution in [3.05, 3.63) is 70.7 Å². The smallest absolute Gasteiger partial charge is 0.234 e. The summed E-state index contributed by atoms with van der Waals surface area (Å²) in [5.74, 6) is 0.0536. The standard InChI is InChI=1S/C21H26ClN3O/c1-16(17-8-10-19(22)11-9-17)23-21(26)15-25-13-12-24(2)14-20(25)18-6-4-3-5-7-18/h3-11,16,20H,12-15H2,1-2H3,(H,23,26). The second kappa shape index (κ2) is 8.67. The van der Waals surface area contributed by atoms with Gasteiger partial charge in [0, 0.05) is 30.7 Å². The van der Waals surface area contributed by atoms with Gasteiger partial charge in [0.2, 0.25) is 5.91 Å². The third-order valence-corrected chi connectivity index (χ3v) is 5.22. The van der Waals surface area contributed by atoms with Crippen molar-refractivity contribution in [2.45, 2.75) is 19.0 Å². The molecule has 0 radical (unpaired) electrons. The molecule has 1 saturated heterocycles. The quantitative estimate of drug-likeness (QED) is 0.873. The van der Waals surface area contributed by atoms with E-state index in [0.29, 0.717) is 11.6 Å². The lowest BCUT2D eigenvalue weighted by Gasteiger charge is -2.40. The predicted octanol–water partition coefficient (Wildman–Crippen LogP) is 3.51. The van der Waals surface area contributed by atoms with E-state index >= 15 is 0 Å². The van der Waals surface area contributed by atoms with Gasteiger partial charge >= 0.3 is 0 Å². The van der Waals surface area contributed by atoms with Crippen LogP contribution in [0.15, 0.2) is 54.6 Å². The number of carbonyl (C=O) groups is 1. The van der Waals surface area contributed by atoms with Crippen LogP contribution in [0.4, 0.5) is 0 Å². The Morgan fingerprint density at radius 1 is 1.15 bits per heavy atom. The lowest BCUT2D eigenvalue weighted by Crippen LogP contribution is -2.50. The number of likely N-dealkylation sites (N-methyl/N-ethyl adjacent to an activating group) is 1. The molecule has 0 spiro atoms. The van der Waals surface area contributed by atoms with E-state index in [1.807, 2.05) is 37.3 Å². The molecule has 2 atom stereocenters. The zero-order chi connectivity index (χ0) is 18.5. The van der Waals surface area contributed by atoms with Crippen LogP contribution >= 0.6 is 11.6 Å². The van der Waals surface area contributed by atoms with Gasteiger partial charge in [0.15, 0.2) is 0 Å². The Labute approximate surface area is 160 Å². The molecule has 1 heterocycles. The van der Waals surface area contributed by atoms with Crippen molar-refractivity contribution in [2.75, 3.05) is 33.2 Å². The van der Waals surface area contributed by atoms with Crippen molar-refractivity contribution in [3.63, 3.8) is 0 Å². The molecule has 5 heteroatoms. The van der Waals surface area contributed by atoms with Gasteiger partial charge in [0.25, 0.3) is 0 Å². The van der Waals surface area contributed by atoms with Crippen molar-refractivity contribution >= 4 is 17.5 Å². The molecule has 0 saturated carbocycles. The summed E-state index contributed by atoms with van der Waals surface area (Å²) >= 11 is 5.94. The van der Waals surface area contributed by atoms with Gasteiger partial charge in [0.1, 0.15) is 0 Å². The van der Waals surface area contributed by atoms with Gasteiger partial charge < -0.3 is 10.2 Å². The van der Waals surface area contributed by atoms with Gasteiger partial charge in [0.05, 0.1) is 12.6 Å². The molecule has 2 unspecified atom stereocenters. The van der Waals surface area contributed by atoms with Gasteiger partial charge in [-0.25, -0.2) is 0 Å². The number of halogens is 1. The summed E-state index contributed by atoms with van der Waals surface area (Å²) in [6.07, 6.45) is 0. The molecule has 2 aromatic carbocycles. The zero-order valence-electron chi connectivity index (χ0n) is 15.4. The molecule has 4 nitrogen and oxygen atoms in total. The van der Waals surface area contributed by atoms with Gasteiger partial charge in [-0.2, -0.15) is 0 Å². The van der Waals surface area contributed by atoms with Crippen molar-refractivity contribution in [3.8, 4) is 0 Å². The molecule has 0 aliphatic carbocycles. The maximum atomic E-state index is 12.6. The van der Waals surface area contributed by atoms with Crippen LogP contribution in [0.25, 0.3) is 0 Å². The van der Waals surface area contributed by atoms with Crippen LogP contribution in [0.3, 0.4) is 0 Å².